The second-order valence-electron chi connectivity index (χ2n) is 16.0. The largest absolute Gasteiger partial charge is 0.495 e. The van der Waals surface area contributed by atoms with Gasteiger partial charge in [-0.15, -0.1) is 0 Å². The van der Waals surface area contributed by atoms with Gasteiger partial charge in [-0.3, -0.25) is 14.9 Å². The first-order chi connectivity index (χ1) is 35.2. The molecule has 0 amide bonds. The molecule has 0 radical (unpaired) electrons. The van der Waals surface area contributed by atoms with Crippen LogP contribution in [0.3, 0.4) is 0 Å². The van der Waals surface area contributed by atoms with Crippen molar-refractivity contribution in [3.8, 4) is 22.3 Å². The molecular formula is C52H55B6NO15. The van der Waals surface area contributed by atoms with Gasteiger partial charge in [-0.1, -0.05) is 211 Å². The number of Topliss-reactive ketones (excluding diaryl/α,β-unsaturated/α-hetero) is 1. The van der Waals surface area contributed by atoms with Crippen LogP contribution in [-0.4, -0.2) is 114 Å². The van der Waals surface area contributed by atoms with Gasteiger partial charge in [0.1, 0.15) is 0 Å². The van der Waals surface area contributed by atoms with Crippen LogP contribution in [-0.2, 0) is 0 Å². The third kappa shape index (κ3) is 21.1. The summed E-state index contributed by atoms with van der Waals surface area (Å²) < 4.78 is 0. The van der Waals surface area contributed by atoms with Crippen molar-refractivity contribution in [2.45, 2.75) is 20.8 Å². The van der Waals surface area contributed by atoms with E-state index in [1.807, 2.05) is 117 Å². The molecule has 376 valence electrons. The molecule has 0 spiro atoms. The molecule has 0 saturated carbocycles. The molecule has 22 heteroatoms. The van der Waals surface area contributed by atoms with Gasteiger partial charge in [-0.05, 0) is 70.3 Å². The van der Waals surface area contributed by atoms with E-state index in [1.165, 1.54) is 37.3 Å². The minimum Gasteiger partial charge on any atom is -0.423 e. The summed E-state index contributed by atoms with van der Waals surface area (Å²) in [5, 5.41) is 116. The maximum absolute atomic E-state index is 10.9. The Morgan fingerprint density at radius 3 is 1.18 bits per heavy atom. The van der Waals surface area contributed by atoms with Gasteiger partial charge in [0, 0.05) is 11.6 Å². The summed E-state index contributed by atoms with van der Waals surface area (Å²) in [6, 6.07) is 60.4. The second kappa shape index (κ2) is 32.0. The first-order valence-electron chi connectivity index (χ1n) is 22.6. The minimum absolute atomic E-state index is 0.0949. The van der Waals surface area contributed by atoms with Crippen molar-refractivity contribution in [3.05, 3.63) is 233 Å². The third-order valence-electron chi connectivity index (χ3n) is 10.4. The SMILES string of the molecule is CC(=O)c1ccccc1B(O)O.Cc1cccc(B(O)O)c1.Cc1ccccc1B(O)O.O=[N+]([O-])c1ccccc1B(O)O.OB(O)c1ccc(-c2ccccc2)cc1.OB(O)c1cccc(-c2ccccc2)c1. The highest BCUT2D eigenvalue weighted by atomic mass is 16.6. The number of carbonyl (C=O) groups is 1. The summed E-state index contributed by atoms with van der Waals surface area (Å²) in [7, 11) is -8.87. The first-order valence-corrected chi connectivity index (χ1v) is 22.6. The van der Waals surface area contributed by atoms with Crippen molar-refractivity contribution in [1.82, 2.24) is 0 Å². The van der Waals surface area contributed by atoms with Crippen LogP contribution in [0.15, 0.2) is 206 Å². The van der Waals surface area contributed by atoms with E-state index in [4.69, 9.17) is 60.3 Å². The Labute approximate surface area is 431 Å². The van der Waals surface area contributed by atoms with Crippen molar-refractivity contribution < 1.29 is 70.0 Å². The van der Waals surface area contributed by atoms with Gasteiger partial charge in [-0.2, -0.15) is 0 Å². The lowest BCUT2D eigenvalue weighted by Crippen LogP contribution is -2.34. The number of hydrogen-bond acceptors (Lipinski definition) is 15. The van der Waals surface area contributed by atoms with Gasteiger partial charge in [0.2, 0.25) is 0 Å². The fourth-order valence-corrected chi connectivity index (χ4v) is 6.61. The molecule has 0 aliphatic heterocycles. The normalized spacial score (nSPS) is 9.72. The topological polar surface area (TPSA) is 303 Å². The van der Waals surface area contributed by atoms with Crippen molar-refractivity contribution in [2.75, 3.05) is 0 Å². The van der Waals surface area contributed by atoms with Crippen molar-refractivity contribution in [1.29, 1.82) is 0 Å². The van der Waals surface area contributed by atoms with Crippen LogP contribution in [0.5, 0.6) is 0 Å². The van der Waals surface area contributed by atoms with Crippen LogP contribution in [0.1, 0.15) is 28.4 Å². The van der Waals surface area contributed by atoms with Gasteiger partial charge in [0.25, 0.3) is 5.69 Å². The van der Waals surface area contributed by atoms with Crippen LogP contribution >= 0.6 is 0 Å². The van der Waals surface area contributed by atoms with E-state index >= 15 is 0 Å². The molecule has 0 fully saturated rings. The molecule has 8 rings (SSSR count). The van der Waals surface area contributed by atoms with Gasteiger partial charge in [0.15, 0.2) is 5.78 Å². The second-order valence-corrected chi connectivity index (χ2v) is 16.0. The Morgan fingerprint density at radius 1 is 0.378 bits per heavy atom. The van der Waals surface area contributed by atoms with Gasteiger partial charge in [0.05, 0.1) is 10.4 Å². The monoisotopic (exact) mass is 999 g/mol. The molecule has 12 N–H and O–H groups in total. The lowest BCUT2D eigenvalue weighted by Gasteiger charge is -2.04. The maximum atomic E-state index is 10.9. The highest BCUT2D eigenvalue weighted by Crippen LogP contribution is 2.18. The number of nitro groups is 1. The Balaban J connectivity index is 0.000000236. The lowest BCUT2D eigenvalue weighted by atomic mass is 9.76. The molecule has 0 unspecified atom stereocenters. The number of nitrogens with zero attached hydrogens (tertiary/aromatic N) is 1. The van der Waals surface area contributed by atoms with Gasteiger partial charge in [-0.25, -0.2) is 0 Å². The smallest absolute Gasteiger partial charge is 0.423 e. The zero-order valence-electron chi connectivity index (χ0n) is 40.6. The van der Waals surface area contributed by atoms with Crippen LogP contribution in [0, 0.1) is 24.0 Å². The molecule has 0 saturated heterocycles. The number of hydrogen-bond donors (Lipinski definition) is 12. The fourth-order valence-electron chi connectivity index (χ4n) is 6.61. The van der Waals surface area contributed by atoms with Gasteiger partial charge < -0.3 is 60.3 Å². The molecule has 0 atom stereocenters. The van der Waals surface area contributed by atoms with Gasteiger partial charge >= 0.3 is 42.7 Å². The van der Waals surface area contributed by atoms with Crippen LogP contribution in [0.2, 0.25) is 0 Å². The van der Waals surface area contributed by atoms with Crippen molar-refractivity contribution >= 4 is 87.0 Å². The van der Waals surface area contributed by atoms with E-state index in [2.05, 4.69) is 0 Å². The number of nitro benzene ring substituents is 1. The molecule has 0 bridgehead atoms. The van der Waals surface area contributed by atoms with E-state index in [1.54, 1.807) is 72.8 Å². The fraction of sp³-hybridized carbons (Fsp3) is 0.0577. The average Bonchev–Trinajstić information content (AvgIpc) is 3.40. The average molecular weight is 999 g/mol. The van der Waals surface area contributed by atoms with E-state index in [-0.39, 0.29) is 22.4 Å². The van der Waals surface area contributed by atoms with E-state index in [0.717, 1.165) is 33.4 Å². The number of para-hydroxylation sites is 1. The molecule has 0 aliphatic carbocycles. The molecule has 0 aromatic heterocycles. The Bertz CT molecular complexity index is 2860. The number of ketones is 1. The molecular weight excluding hydrogens is 943 g/mol. The Morgan fingerprint density at radius 2 is 0.770 bits per heavy atom. The molecule has 8 aromatic rings. The standard InChI is InChI=1S/2C12H11BO2.C8H9BO3.2C7H9BO2.C6H6BNO4/c14-13(15)12-8-4-7-11(9-12)10-5-2-1-3-6-10;14-13(15)12-8-6-11(7-9-12)10-4-2-1-3-5-10;1-6(10)7-4-2-3-5-8(7)9(11)12;1-6-3-2-4-7(5-6)8(9)10;1-6-4-2-3-5-7(6)8(9)10;9-7(10)5-3-1-2-4-6(5)8(11)12/h2*1-9,14-15H;2-5,11-12H,1H3;2*2-5,9-10H,1H3;1-4,9-10H. The summed E-state index contributed by atoms with van der Waals surface area (Å²) in [6.07, 6.45) is 0. The molecule has 16 nitrogen and oxygen atoms in total. The van der Waals surface area contributed by atoms with Crippen molar-refractivity contribution in [3.63, 3.8) is 0 Å². The third-order valence-corrected chi connectivity index (χ3v) is 10.4. The number of benzene rings is 8. The molecule has 8 aromatic carbocycles. The highest BCUT2D eigenvalue weighted by molar-refractivity contribution is 6.61. The van der Waals surface area contributed by atoms with Crippen LogP contribution in [0.25, 0.3) is 22.3 Å². The van der Waals surface area contributed by atoms with Crippen LogP contribution < -0.4 is 32.8 Å². The van der Waals surface area contributed by atoms with E-state index in [9.17, 15) is 14.9 Å². The first kappa shape index (κ1) is 61.0. The zero-order valence-corrected chi connectivity index (χ0v) is 40.6. The maximum Gasteiger partial charge on any atom is 0.495 e. The summed E-state index contributed by atoms with van der Waals surface area (Å²) in [5.74, 6) is -0.168. The predicted molar refractivity (Wildman–Crippen MR) is 295 cm³/mol. The summed E-state index contributed by atoms with van der Waals surface area (Å²) in [4.78, 5) is 20.6. The molecule has 0 aliphatic rings. The van der Waals surface area contributed by atoms with Crippen molar-refractivity contribution in [2.24, 2.45) is 0 Å². The highest BCUT2D eigenvalue weighted by Gasteiger charge is 2.22. The Kier molecular flexibility index (Phi) is 26.4. The summed E-state index contributed by atoms with van der Waals surface area (Å²) >= 11 is 0. The summed E-state index contributed by atoms with van der Waals surface area (Å²) in [5.41, 5.74) is 8.54. The molecule has 74 heavy (non-hydrogen) atoms. The molecule has 0 heterocycles. The zero-order chi connectivity index (χ0) is 54.7. The Hall–Kier alpha value is -7.26. The quantitative estimate of drug-likeness (QED) is 0.0379. The predicted octanol–water partition coefficient (Wildman–Crippen LogP) is 0.260. The number of aryl methyl sites for hydroxylation is 2. The van der Waals surface area contributed by atoms with E-state index < -0.39 is 47.6 Å². The lowest BCUT2D eigenvalue weighted by molar-refractivity contribution is -0.383. The number of carbonyl (C=O) groups excluding carboxylic acids is 1. The summed E-state index contributed by atoms with van der Waals surface area (Å²) in [6.45, 7) is 5.14. The number of rotatable bonds is 10. The minimum atomic E-state index is -1.80. The van der Waals surface area contributed by atoms with E-state index in [0.29, 0.717) is 27.4 Å². The van der Waals surface area contributed by atoms with Crippen LogP contribution in [0.4, 0.5) is 5.69 Å².